The van der Waals surface area contributed by atoms with Crippen LogP contribution in [-0.4, -0.2) is 38.6 Å². The molecule has 0 unspecified atom stereocenters. The first-order valence-corrected chi connectivity index (χ1v) is 8.74. The van der Waals surface area contributed by atoms with Gasteiger partial charge in [0, 0.05) is 17.1 Å². The maximum atomic E-state index is 13.0. The molecule has 8 nitrogen and oxygen atoms in total. The van der Waals surface area contributed by atoms with Crippen LogP contribution in [0.3, 0.4) is 0 Å². The summed E-state index contributed by atoms with van der Waals surface area (Å²) in [5.41, 5.74) is 8.49. The summed E-state index contributed by atoms with van der Waals surface area (Å²) >= 11 is 0. The largest absolute Gasteiger partial charge is 0.561 e. The third-order valence-corrected chi connectivity index (χ3v) is 4.55. The standard InChI is InChI=1S/C19H14BF2N5O3/c21-19(22)16-5-6-27(26-16)18-4-2-12(20(29)30-10-28)8-14(18)11-1-3-13-15(23)9-24-25-17(13)7-11/h1-10,19,29H,(H2,23,25). The van der Waals surface area contributed by atoms with E-state index in [0.717, 1.165) is 0 Å². The van der Waals surface area contributed by atoms with Crippen molar-refractivity contribution >= 4 is 35.6 Å². The number of nitrogens with two attached hydrogens (primary N) is 1. The molecule has 0 atom stereocenters. The number of halogens is 2. The summed E-state index contributed by atoms with van der Waals surface area (Å²) in [5.74, 6) is 0. The van der Waals surface area contributed by atoms with Crippen LogP contribution >= 0.6 is 0 Å². The monoisotopic (exact) mass is 409 g/mol. The third kappa shape index (κ3) is 3.58. The Kier molecular flexibility index (Phi) is 5.11. The average Bonchev–Trinajstić information content (AvgIpc) is 3.24. The quantitative estimate of drug-likeness (QED) is 0.369. The molecular formula is C19H14BF2N5O3. The van der Waals surface area contributed by atoms with E-state index < -0.39 is 13.5 Å². The zero-order valence-corrected chi connectivity index (χ0v) is 15.3. The molecule has 4 rings (SSSR count). The van der Waals surface area contributed by atoms with E-state index in [1.54, 1.807) is 30.3 Å². The number of carbonyl (C=O) groups is 1. The van der Waals surface area contributed by atoms with Crippen molar-refractivity contribution in [3.63, 3.8) is 0 Å². The minimum absolute atomic E-state index is 0.134. The summed E-state index contributed by atoms with van der Waals surface area (Å²) in [6.45, 7) is 0.134. The fourth-order valence-electron chi connectivity index (χ4n) is 3.11. The molecule has 30 heavy (non-hydrogen) atoms. The first-order valence-electron chi connectivity index (χ1n) is 8.74. The number of fused-ring (bicyclic) bond motifs is 1. The molecule has 3 N–H and O–H groups in total. The lowest BCUT2D eigenvalue weighted by Crippen LogP contribution is -2.33. The number of nitrogens with zero attached hydrogens (tertiary/aromatic N) is 4. The molecular weight excluding hydrogens is 395 g/mol. The van der Waals surface area contributed by atoms with Gasteiger partial charge in [-0.1, -0.05) is 18.2 Å². The third-order valence-electron chi connectivity index (χ3n) is 4.55. The van der Waals surface area contributed by atoms with Crippen LogP contribution < -0.4 is 11.2 Å². The Morgan fingerprint density at radius 1 is 1.20 bits per heavy atom. The van der Waals surface area contributed by atoms with E-state index in [9.17, 15) is 18.6 Å². The number of alkyl halides is 2. The number of hydrogen-bond donors (Lipinski definition) is 2. The Hall–Kier alpha value is -3.86. The van der Waals surface area contributed by atoms with Gasteiger partial charge >= 0.3 is 7.12 Å². The predicted molar refractivity (Wildman–Crippen MR) is 106 cm³/mol. The minimum atomic E-state index is -2.71. The molecule has 0 aliphatic rings. The molecule has 4 aromatic rings. The minimum Gasteiger partial charge on any atom is -0.508 e. The average molecular weight is 409 g/mol. The lowest BCUT2D eigenvalue weighted by molar-refractivity contribution is -0.121. The Balaban J connectivity index is 1.90. The van der Waals surface area contributed by atoms with E-state index in [1.807, 2.05) is 0 Å². The van der Waals surface area contributed by atoms with Gasteiger partial charge in [-0.3, -0.25) is 4.79 Å². The summed E-state index contributed by atoms with van der Waals surface area (Å²) < 4.78 is 31.9. The topological polar surface area (TPSA) is 116 Å². The number of nitrogen functional groups attached to an aromatic ring is 1. The molecule has 0 spiro atoms. The molecule has 150 valence electrons. The Morgan fingerprint density at radius 2 is 2.03 bits per heavy atom. The second-order valence-electron chi connectivity index (χ2n) is 6.38. The summed E-state index contributed by atoms with van der Waals surface area (Å²) in [4.78, 5) is 10.6. The molecule has 0 saturated heterocycles. The SMILES string of the molecule is Nc1cnnc2cc(-c3cc(B(O)OC=O)ccc3-n3ccc(C(F)F)n3)ccc12. The maximum absolute atomic E-state index is 13.0. The van der Waals surface area contributed by atoms with Gasteiger partial charge in [0.05, 0.1) is 23.1 Å². The van der Waals surface area contributed by atoms with E-state index >= 15 is 0 Å². The van der Waals surface area contributed by atoms with Gasteiger partial charge in [0.25, 0.3) is 12.9 Å². The van der Waals surface area contributed by atoms with Crippen molar-refractivity contribution in [3.8, 4) is 16.8 Å². The van der Waals surface area contributed by atoms with Crippen molar-refractivity contribution < 1.29 is 23.3 Å². The smallest absolute Gasteiger partial charge is 0.508 e. The second kappa shape index (κ2) is 7.87. The zero-order valence-electron chi connectivity index (χ0n) is 15.3. The first-order chi connectivity index (χ1) is 14.5. The molecule has 0 bridgehead atoms. The molecule has 0 amide bonds. The van der Waals surface area contributed by atoms with E-state index in [4.69, 9.17) is 5.73 Å². The van der Waals surface area contributed by atoms with E-state index in [1.165, 1.54) is 29.2 Å². The van der Waals surface area contributed by atoms with Crippen LogP contribution in [0.2, 0.25) is 0 Å². The number of hydrogen-bond acceptors (Lipinski definition) is 7. The second-order valence-corrected chi connectivity index (χ2v) is 6.38. The highest BCUT2D eigenvalue weighted by Crippen LogP contribution is 2.30. The van der Waals surface area contributed by atoms with Crippen LogP contribution in [-0.2, 0) is 9.45 Å². The van der Waals surface area contributed by atoms with Crippen molar-refractivity contribution in [2.75, 3.05) is 5.73 Å². The summed E-state index contributed by atoms with van der Waals surface area (Å²) in [5, 5.41) is 22.6. The maximum Gasteiger partial charge on any atom is 0.561 e. The molecule has 0 saturated carbocycles. The van der Waals surface area contributed by atoms with Crippen LogP contribution in [0.1, 0.15) is 12.1 Å². The highest BCUT2D eigenvalue weighted by Gasteiger charge is 2.21. The molecule has 2 aromatic heterocycles. The van der Waals surface area contributed by atoms with Crippen molar-refractivity contribution in [1.29, 1.82) is 0 Å². The number of aromatic nitrogens is 4. The van der Waals surface area contributed by atoms with Crippen molar-refractivity contribution in [2.24, 2.45) is 0 Å². The molecule has 2 heterocycles. The van der Waals surface area contributed by atoms with Crippen molar-refractivity contribution in [2.45, 2.75) is 6.43 Å². The highest BCUT2D eigenvalue weighted by atomic mass is 19.3. The summed E-state index contributed by atoms with van der Waals surface area (Å²) in [7, 11) is -1.49. The van der Waals surface area contributed by atoms with Gasteiger partial charge in [0.15, 0.2) is 0 Å². The summed E-state index contributed by atoms with van der Waals surface area (Å²) in [6.07, 6.45) is 0.143. The van der Waals surface area contributed by atoms with Crippen molar-refractivity contribution in [3.05, 3.63) is 60.6 Å². The van der Waals surface area contributed by atoms with E-state index in [0.29, 0.717) is 38.9 Å². The van der Waals surface area contributed by atoms with E-state index in [-0.39, 0.29) is 12.2 Å². The normalized spacial score (nSPS) is 11.1. The van der Waals surface area contributed by atoms with Gasteiger partial charge in [-0.05, 0) is 35.3 Å². The molecule has 11 heteroatoms. The van der Waals surface area contributed by atoms with Crippen LogP contribution in [0.15, 0.2) is 54.9 Å². The first kappa shape index (κ1) is 19.5. The van der Waals surface area contributed by atoms with Gasteiger partial charge in [-0.25, -0.2) is 13.5 Å². The van der Waals surface area contributed by atoms with Crippen LogP contribution in [0.4, 0.5) is 14.5 Å². The Morgan fingerprint density at radius 3 is 2.77 bits per heavy atom. The lowest BCUT2D eigenvalue weighted by Gasteiger charge is -2.14. The summed E-state index contributed by atoms with van der Waals surface area (Å²) in [6, 6.07) is 11.2. The number of carbonyl (C=O) groups excluding carboxylic acids is 1. The van der Waals surface area contributed by atoms with Crippen LogP contribution in [0.5, 0.6) is 0 Å². The molecule has 0 fully saturated rings. The molecule has 2 aromatic carbocycles. The fourth-order valence-corrected chi connectivity index (χ4v) is 3.11. The predicted octanol–water partition coefficient (Wildman–Crippen LogP) is 1.86. The van der Waals surface area contributed by atoms with Gasteiger partial charge in [-0.2, -0.15) is 15.3 Å². The highest BCUT2D eigenvalue weighted by molar-refractivity contribution is 6.61. The number of benzene rings is 2. The van der Waals surface area contributed by atoms with Gasteiger partial charge in [0.1, 0.15) is 5.69 Å². The van der Waals surface area contributed by atoms with E-state index in [2.05, 4.69) is 20.0 Å². The van der Waals surface area contributed by atoms with Gasteiger partial charge < -0.3 is 15.4 Å². The Bertz CT molecular complexity index is 1230. The van der Waals surface area contributed by atoms with Crippen LogP contribution in [0, 0.1) is 0 Å². The van der Waals surface area contributed by atoms with Crippen LogP contribution in [0.25, 0.3) is 27.7 Å². The lowest BCUT2D eigenvalue weighted by atomic mass is 9.78. The molecule has 0 aliphatic carbocycles. The molecule has 0 radical (unpaired) electrons. The fraction of sp³-hybridized carbons (Fsp3) is 0.0526. The Labute approximate surface area is 169 Å². The molecule has 0 aliphatic heterocycles. The van der Waals surface area contributed by atoms with Crippen molar-refractivity contribution in [1.82, 2.24) is 20.0 Å². The van der Waals surface area contributed by atoms with Gasteiger partial charge in [0.2, 0.25) is 0 Å². The zero-order chi connectivity index (χ0) is 21.3. The number of anilines is 1. The van der Waals surface area contributed by atoms with Gasteiger partial charge in [-0.15, -0.1) is 0 Å². The number of rotatable bonds is 6.